The Bertz CT molecular complexity index is 444. The van der Waals surface area contributed by atoms with E-state index in [-0.39, 0.29) is 0 Å². The van der Waals surface area contributed by atoms with Crippen LogP contribution in [-0.4, -0.2) is 6.54 Å². The topological polar surface area (TPSA) is 29.3 Å². The highest BCUT2D eigenvalue weighted by Gasteiger charge is 2.02. The van der Waals surface area contributed by atoms with Crippen LogP contribution < -0.4 is 10.6 Å². The largest absolute Gasteiger partial charge is 0.399 e. The number of hydrogen-bond acceptors (Lipinski definition) is 2. The summed E-state index contributed by atoms with van der Waals surface area (Å²) < 4.78 is 0. The number of benzene rings is 1. The van der Waals surface area contributed by atoms with Gasteiger partial charge < -0.3 is 10.6 Å². The number of nitrogen functional groups attached to an aromatic ring is 1. The quantitative estimate of drug-likeness (QED) is 0.447. The molecular weight excluding hydrogens is 184 g/mol. The number of anilines is 2. The summed E-state index contributed by atoms with van der Waals surface area (Å²) >= 11 is 0. The lowest BCUT2D eigenvalue weighted by Gasteiger charge is -2.16. The van der Waals surface area contributed by atoms with E-state index in [9.17, 15) is 0 Å². The monoisotopic (exact) mass is 198 g/mol. The van der Waals surface area contributed by atoms with E-state index >= 15 is 0 Å². The van der Waals surface area contributed by atoms with E-state index in [1.807, 2.05) is 36.9 Å². The maximum absolute atomic E-state index is 5.74. The Morgan fingerprint density at radius 2 is 2.20 bits per heavy atom. The Balaban J connectivity index is 3.03. The highest BCUT2D eigenvalue weighted by atomic mass is 15.1. The molecule has 2 N–H and O–H groups in total. The Morgan fingerprint density at radius 3 is 2.73 bits per heavy atom. The smallest absolute Gasteiger partial charge is 0.0493 e. The molecule has 0 saturated heterocycles. The number of rotatable bonds is 2. The average molecular weight is 198 g/mol. The molecule has 0 heterocycles. The maximum Gasteiger partial charge on any atom is 0.0493 e. The van der Waals surface area contributed by atoms with Crippen molar-refractivity contribution in [2.24, 2.45) is 0 Å². The third kappa shape index (κ3) is 2.69. The van der Waals surface area contributed by atoms with Gasteiger partial charge in [0.1, 0.15) is 0 Å². The van der Waals surface area contributed by atoms with Crippen LogP contribution >= 0.6 is 0 Å². The number of hydrogen-bond donors (Lipinski definition) is 1. The molecule has 1 aromatic carbocycles. The van der Waals surface area contributed by atoms with Crippen LogP contribution in [0, 0.1) is 31.2 Å². The highest BCUT2D eigenvalue weighted by Crippen LogP contribution is 2.19. The zero-order chi connectivity index (χ0) is 11.3. The summed E-state index contributed by atoms with van der Waals surface area (Å²) in [6.07, 6.45) is 5.09. The van der Waals surface area contributed by atoms with Crippen LogP contribution in [0.5, 0.6) is 0 Å². The first-order chi connectivity index (χ1) is 7.19. The lowest BCUT2D eigenvalue weighted by molar-refractivity contribution is 1.04. The molecule has 0 fully saturated rings. The molecule has 0 amide bonds. The normalized spacial score (nSPS) is 8.60. The molecule has 15 heavy (non-hydrogen) atoms. The lowest BCUT2D eigenvalue weighted by atomic mass is 10.2. The first-order valence-corrected chi connectivity index (χ1v) is 4.79. The molecule has 0 bridgehead atoms. The molecular formula is C13H14N2. The fourth-order valence-corrected chi connectivity index (χ4v) is 1.25. The summed E-state index contributed by atoms with van der Waals surface area (Å²) in [7, 11) is 0. The number of nitrogens with zero attached hydrogens (tertiary/aromatic N) is 1. The van der Waals surface area contributed by atoms with Crippen LogP contribution in [0.25, 0.3) is 0 Å². The summed E-state index contributed by atoms with van der Waals surface area (Å²) in [5, 5.41) is 0. The second kappa shape index (κ2) is 4.98. The molecule has 2 heteroatoms. The number of terminal acetylenes is 1. The van der Waals surface area contributed by atoms with E-state index in [2.05, 4.69) is 17.9 Å². The molecule has 0 radical (unpaired) electrons. The van der Waals surface area contributed by atoms with Gasteiger partial charge in [0.05, 0.1) is 0 Å². The number of nitrogens with two attached hydrogens (primary N) is 1. The van der Waals surface area contributed by atoms with E-state index in [4.69, 9.17) is 12.2 Å². The highest BCUT2D eigenvalue weighted by molar-refractivity contribution is 5.60. The van der Waals surface area contributed by atoms with Gasteiger partial charge in [-0.15, -0.1) is 6.42 Å². The van der Waals surface area contributed by atoms with Crippen LogP contribution in [0.4, 0.5) is 11.4 Å². The molecule has 0 aliphatic rings. The van der Waals surface area contributed by atoms with Crippen molar-refractivity contribution in [3.05, 3.63) is 23.8 Å². The van der Waals surface area contributed by atoms with E-state index in [0.717, 1.165) is 23.5 Å². The van der Waals surface area contributed by atoms with Gasteiger partial charge in [-0.3, -0.25) is 0 Å². The Kier molecular flexibility index (Phi) is 3.66. The average Bonchev–Trinajstić information content (AvgIpc) is 2.24. The van der Waals surface area contributed by atoms with Gasteiger partial charge in [-0.2, -0.15) is 0 Å². The Hall–Kier alpha value is -2.06. The minimum atomic E-state index is 0.790. The Morgan fingerprint density at radius 1 is 1.47 bits per heavy atom. The van der Waals surface area contributed by atoms with Gasteiger partial charge in [0.2, 0.25) is 0 Å². The van der Waals surface area contributed by atoms with E-state index in [0.29, 0.717) is 0 Å². The second-order valence-electron chi connectivity index (χ2n) is 3.17. The predicted molar refractivity (Wildman–Crippen MR) is 65.2 cm³/mol. The summed E-state index contributed by atoms with van der Waals surface area (Å²) in [5.41, 5.74) is 8.60. The summed E-state index contributed by atoms with van der Waals surface area (Å²) in [6, 6.07) is 8.71. The van der Waals surface area contributed by atoms with Crippen molar-refractivity contribution in [2.45, 2.75) is 13.8 Å². The van der Waals surface area contributed by atoms with Gasteiger partial charge >= 0.3 is 0 Å². The van der Waals surface area contributed by atoms with Crippen molar-refractivity contribution in [1.82, 2.24) is 0 Å². The zero-order valence-corrected chi connectivity index (χ0v) is 9.04. The molecule has 76 valence electrons. The predicted octanol–water partition coefficient (Wildman–Crippen LogP) is 2.00. The van der Waals surface area contributed by atoms with Crippen LogP contribution in [-0.2, 0) is 0 Å². The molecule has 0 saturated carbocycles. The van der Waals surface area contributed by atoms with E-state index in [1.54, 1.807) is 0 Å². The Labute approximate surface area is 91.1 Å². The summed E-state index contributed by atoms with van der Waals surface area (Å²) in [5.74, 6) is 4.91. The molecule has 0 atom stereocenters. The van der Waals surface area contributed by atoms with Crippen molar-refractivity contribution >= 4 is 11.4 Å². The van der Waals surface area contributed by atoms with Crippen LogP contribution in [0.2, 0.25) is 0 Å². The zero-order valence-electron chi connectivity index (χ0n) is 9.04. The molecule has 0 aliphatic carbocycles. The van der Waals surface area contributed by atoms with Crippen LogP contribution in [0.1, 0.15) is 12.5 Å². The van der Waals surface area contributed by atoms with E-state index < -0.39 is 0 Å². The van der Waals surface area contributed by atoms with Crippen molar-refractivity contribution in [1.29, 1.82) is 0 Å². The molecule has 0 unspecified atom stereocenters. The fraction of sp³-hybridized carbons (Fsp3) is 0.231. The standard InChI is InChI=1S/C13H14N2/c1-4-6-9-15(5-2)12-7-8-13(14)11(3)10-12/h1,7-8,10H,5,14H2,2-3H3. The van der Waals surface area contributed by atoms with Gasteiger partial charge in [-0.1, -0.05) is 0 Å². The van der Waals surface area contributed by atoms with Crippen LogP contribution in [0.15, 0.2) is 18.2 Å². The van der Waals surface area contributed by atoms with Gasteiger partial charge in [0.15, 0.2) is 0 Å². The molecule has 0 spiro atoms. The lowest BCUT2D eigenvalue weighted by Crippen LogP contribution is -2.15. The summed E-state index contributed by atoms with van der Waals surface area (Å²) in [4.78, 5) is 1.90. The van der Waals surface area contributed by atoms with Gasteiger partial charge in [0.25, 0.3) is 0 Å². The van der Waals surface area contributed by atoms with Crippen molar-refractivity contribution < 1.29 is 0 Å². The SMILES string of the molecule is C#CC#CN(CC)c1ccc(N)c(C)c1. The fourth-order valence-electron chi connectivity index (χ4n) is 1.25. The van der Waals surface area contributed by atoms with Crippen molar-refractivity contribution in [3.8, 4) is 24.3 Å². The first-order valence-electron chi connectivity index (χ1n) is 4.79. The van der Waals surface area contributed by atoms with E-state index in [1.165, 1.54) is 0 Å². The van der Waals surface area contributed by atoms with Crippen molar-refractivity contribution in [3.63, 3.8) is 0 Å². The molecule has 1 aromatic rings. The minimum Gasteiger partial charge on any atom is -0.399 e. The molecule has 0 aliphatic heterocycles. The van der Waals surface area contributed by atoms with Gasteiger partial charge in [-0.25, -0.2) is 0 Å². The second-order valence-corrected chi connectivity index (χ2v) is 3.17. The summed E-state index contributed by atoms with van der Waals surface area (Å²) in [6.45, 7) is 4.79. The maximum atomic E-state index is 5.74. The van der Waals surface area contributed by atoms with Gasteiger partial charge in [0, 0.05) is 29.9 Å². The van der Waals surface area contributed by atoms with Gasteiger partial charge in [-0.05, 0) is 43.5 Å². The van der Waals surface area contributed by atoms with Crippen LogP contribution in [0.3, 0.4) is 0 Å². The first kappa shape index (κ1) is 11.0. The number of aryl methyl sites for hydroxylation is 1. The third-order valence-corrected chi connectivity index (χ3v) is 2.14. The minimum absolute atomic E-state index is 0.790. The van der Waals surface area contributed by atoms with Crippen molar-refractivity contribution in [2.75, 3.05) is 17.2 Å². The molecule has 1 rings (SSSR count). The third-order valence-electron chi connectivity index (χ3n) is 2.14. The molecule has 2 nitrogen and oxygen atoms in total. The molecule has 0 aromatic heterocycles.